The molecule has 1 nitrogen and oxygen atoms in total. The van der Waals surface area contributed by atoms with E-state index in [9.17, 15) is 0 Å². The first-order valence-corrected chi connectivity index (χ1v) is 9.12. The van der Waals surface area contributed by atoms with E-state index >= 15 is 0 Å². The molecule has 0 N–H and O–H groups in total. The Bertz CT molecular complexity index is 893. The highest BCUT2D eigenvalue weighted by Crippen LogP contribution is 2.44. The number of fused-ring (bicyclic) bond motifs is 1. The molecule has 0 aliphatic heterocycles. The molecular weight excluding hydrogens is 302 g/mol. The first-order valence-electron chi connectivity index (χ1n) is 9.12. The zero-order chi connectivity index (χ0) is 18.4. The van der Waals surface area contributed by atoms with Crippen molar-refractivity contribution in [3.05, 3.63) is 69.8 Å². The van der Waals surface area contributed by atoms with Gasteiger partial charge in [0.2, 0.25) is 0 Å². The predicted molar refractivity (Wildman–Crippen MR) is 111 cm³/mol. The number of hydrogen-bond acceptors (Lipinski definition) is 1. The molecule has 1 heteroatoms. The minimum absolute atomic E-state index is 0.0779. The molecule has 0 saturated heterocycles. The van der Waals surface area contributed by atoms with Gasteiger partial charge in [0.25, 0.3) is 0 Å². The second kappa shape index (κ2) is 6.29. The molecule has 0 saturated carbocycles. The molecule has 0 amide bonds. The van der Waals surface area contributed by atoms with E-state index < -0.39 is 0 Å². The fourth-order valence-electron chi connectivity index (χ4n) is 3.78. The Morgan fingerprint density at radius 3 is 2.04 bits per heavy atom. The average Bonchev–Trinajstić information content (AvgIpc) is 2.75. The van der Waals surface area contributed by atoms with Crippen molar-refractivity contribution in [2.45, 2.75) is 59.9 Å². The Morgan fingerprint density at radius 1 is 0.840 bits per heavy atom. The molecule has 0 aromatic heterocycles. The summed E-state index contributed by atoms with van der Waals surface area (Å²) in [6, 6.07) is 13.2. The average molecular weight is 332 g/mol. The number of benzene rings is 2. The summed E-state index contributed by atoms with van der Waals surface area (Å²) in [5.41, 5.74) is 8.37. The number of allylic oxidation sites excluding steroid dienone is 4. The van der Waals surface area contributed by atoms with Gasteiger partial charge in [-0.3, -0.25) is 4.99 Å². The zero-order valence-electron chi connectivity index (χ0n) is 16.6. The lowest BCUT2D eigenvalue weighted by atomic mass is 9.84. The fourth-order valence-corrected chi connectivity index (χ4v) is 3.78. The van der Waals surface area contributed by atoms with Gasteiger partial charge in [-0.15, -0.1) is 0 Å². The van der Waals surface area contributed by atoms with Crippen LogP contribution in [0.3, 0.4) is 0 Å². The number of aliphatic imine (C=N–C) groups is 1. The van der Waals surface area contributed by atoms with Crippen molar-refractivity contribution in [2.24, 2.45) is 4.99 Å². The third-order valence-electron chi connectivity index (χ3n) is 5.51. The quantitative estimate of drug-likeness (QED) is 0.535. The molecule has 0 radical (unpaired) electrons. The highest BCUT2D eigenvalue weighted by atomic mass is 14.8. The van der Waals surface area contributed by atoms with Crippen molar-refractivity contribution in [2.75, 3.05) is 0 Å². The van der Waals surface area contributed by atoms with Crippen LogP contribution in [0.25, 0.3) is 10.8 Å². The molecule has 0 bridgehead atoms. The van der Waals surface area contributed by atoms with E-state index in [0.29, 0.717) is 5.92 Å². The SMILES string of the molecule is CC1=C(C)C(c2ccc3ccccc3c2C=NC(C)(C)C)C(C)=C1C. The summed E-state index contributed by atoms with van der Waals surface area (Å²) >= 11 is 0. The summed E-state index contributed by atoms with van der Waals surface area (Å²) in [5, 5.41) is 2.56. The maximum absolute atomic E-state index is 4.84. The van der Waals surface area contributed by atoms with Crippen LogP contribution < -0.4 is 0 Å². The predicted octanol–water partition coefficient (Wildman–Crippen LogP) is 6.83. The first-order chi connectivity index (χ1) is 11.7. The Balaban J connectivity index is 2.28. The Morgan fingerprint density at radius 2 is 1.44 bits per heavy atom. The molecule has 0 spiro atoms. The topological polar surface area (TPSA) is 12.4 Å². The summed E-state index contributed by atoms with van der Waals surface area (Å²) < 4.78 is 0. The standard InChI is InChI=1S/C24H29N/c1-15-16(2)18(4)23(17(15)3)21-13-12-19-10-8-9-11-20(19)22(21)14-25-24(5,6)7/h8-14,23H,1-7H3. The fraction of sp³-hybridized carbons (Fsp3) is 0.375. The Labute approximate surface area is 152 Å². The largest absolute Gasteiger partial charge is 0.287 e. The van der Waals surface area contributed by atoms with Crippen LogP contribution in [-0.4, -0.2) is 11.8 Å². The highest BCUT2D eigenvalue weighted by molar-refractivity contribution is 6.02. The van der Waals surface area contributed by atoms with Crippen LogP contribution in [0, 0.1) is 0 Å². The third-order valence-corrected chi connectivity index (χ3v) is 5.51. The second-order valence-electron chi connectivity index (χ2n) is 8.27. The van der Waals surface area contributed by atoms with Gasteiger partial charge < -0.3 is 0 Å². The van der Waals surface area contributed by atoms with Crippen LogP contribution in [0.4, 0.5) is 0 Å². The van der Waals surface area contributed by atoms with Crippen LogP contribution in [-0.2, 0) is 0 Å². The van der Waals surface area contributed by atoms with Crippen molar-refractivity contribution in [3.8, 4) is 0 Å². The van der Waals surface area contributed by atoms with E-state index in [2.05, 4.69) is 91.1 Å². The van der Waals surface area contributed by atoms with Crippen molar-refractivity contribution in [1.82, 2.24) is 0 Å². The van der Waals surface area contributed by atoms with E-state index in [1.54, 1.807) is 0 Å². The van der Waals surface area contributed by atoms with Crippen LogP contribution in [0.1, 0.15) is 65.5 Å². The molecule has 25 heavy (non-hydrogen) atoms. The van der Waals surface area contributed by atoms with Crippen molar-refractivity contribution in [3.63, 3.8) is 0 Å². The van der Waals surface area contributed by atoms with Crippen LogP contribution in [0.15, 0.2) is 63.7 Å². The molecule has 2 aromatic carbocycles. The molecule has 1 aliphatic carbocycles. The summed E-state index contributed by atoms with van der Waals surface area (Å²) in [7, 11) is 0. The molecule has 3 rings (SSSR count). The van der Waals surface area contributed by atoms with Gasteiger partial charge in [0, 0.05) is 17.7 Å². The summed E-state index contributed by atoms with van der Waals surface area (Å²) in [4.78, 5) is 4.84. The van der Waals surface area contributed by atoms with E-state index in [0.717, 1.165) is 0 Å². The van der Waals surface area contributed by atoms with Crippen molar-refractivity contribution < 1.29 is 0 Å². The Kier molecular flexibility index (Phi) is 4.45. The lowest BCUT2D eigenvalue weighted by Gasteiger charge is -2.21. The maximum atomic E-state index is 4.84. The van der Waals surface area contributed by atoms with E-state index in [1.165, 1.54) is 44.2 Å². The minimum Gasteiger partial charge on any atom is -0.287 e. The maximum Gasteiger partial charge on any atom is 0.0524 e. The first kappa shape index (κ1) is 17.7. The lowest BCUT2D eigenvalue weighted by Crippen LogP contribution is -2.11. The molecule has 2 aromatic rings. The Hall–Kier alpha value is -2.15. The van der Waals surface area contributed by atoms with Gasteiger partial charge in [0.05, 0.1) is 5.54 Å². The van der Waals surface area contributed by atoms with E-state index in [4.69, 9.17) is 4.99 Å². The van der Waals surface area contributed by atoms with Crippen LogP contribution in [0.5, 0.6) is 0 Å². The normalized spacial score (nSPS) is 16.8. The lowest BCUT2D eigenvalue weighted by molar-refractivity contribution is 0.586. The number of hydrogen-bond donors (Lipinski definition) is 0. The number of nitrogens with zero attached hydrogens (tertiary/aromatic N) is 1. The molecule has 0 unspecified atom stereocenters. The zero-order valence-corrected chi connectivity index (χ0v) is 16.6. The van der Waals surface area contributed by atoms with Gasteiger partial charge in [0.1, 0.15) is 0 Å². The van der Waals surface area contributed by atoms with Gasteiger partial charge >= 0.3 is 0 Å². The van der Waals surface area contributed by atoms with Crippen molar-refractivity contribution >= 4 is 17.0 Å². The summed E-state index contributed by atoms with van der Waals surface area (Å²) in [6.07, 6.45) is 2.10. The minimum atomic E-state index is -0.0779. The van der Waals surface area contributed by atoms with Gasteiger partial charge in [-0.2, -0.15) is 0 Å². The van der Waals surface area contributed by atoms with Crippen LogP contribution in [0.2, 0.25) is 0 Å². The summed E-state index contributed by atoms with van der Waals surface area (Å²) in [5.74, 6) is 0.367. The van der Waals surface area contributed by atoms with Crippen LogP contribution >= 0.6 is 0 Å². The third kappa shape index (κ3) is 3.20. The van der Waals surface area contributed by atoms with Gasteiger partial charge in [-0.25, -0.2) is 0 Å². The monoisotopic (exact) mass is 331 g/mol. The molecule has 0 heterocycles. The van der Waals surface area contributed by atoms with Gasteiger partial charge in [-0.1, -0.05) is 47.5 Å². The van der Waals surface area contributed by atoms with E-state index in [-0.39, 0.29) is 5.54 Å². The van der Waals surface area contributed by atoms with Gasteiger partial charge in [-0.05, 0) is 75.9 Å². The molecule has 1 aliphatic rings. The molecule has 0 atom stereocenters. The smallest absolute Gasteiger partial charge is 0.0524 e. The molecular formula is C24H29N. The van der Waals surface area contributed by atoms with Gasteiger partial charge in [0.15, 0.2) is 0 Å². The second-order valence-corrected chi connectivity index (χ2v) is 8.27. The molecule has 130 valence electrons. The molecule has 0 fully saturated rings. The van der Waals surface area contributed by atoms with E-state index in [1.807, 2.05) is 0 Å². The summed E-state index contributed by atoms with van der Waals surface area (Å²) in [6.45, 7) is 15.5. The number of rotatable bonds is 2. The van der Waals surface area contributed by atoms with Crippen molar-refractivity contribution in [1.29, 1.82) is 0 Å². The highest BCUT2D eigenvalue weighted by Gasteiger charge is 2.28.